The largest absolute Gasteiger partial charge is 0.392 e. The molecule has 1 rings (SSSR count). The van der Waals surface area contributed by atoms with Crippen LogP contribution < -0.4 is 0 Å². The summed E-state index contributed by atoms with van der Waals surface area (Å²) in [4.78, 5) is 0. The molecule has 0 bridgehead atoms. The summed E-state index contributed by atoms with van der Waals surface area (Å²) in [6.45, 7) is 6.34. The second-order valence-electron chi connectivity index (χ2n) is 6.41. The summed E-state index contributed by atoms with van der Waals surface area (Å²) in [5.41, 5.74) is 0.334. The van der Waals surface area contributed by atoms with Crippen molar-refractivity contribution < 1.29 is 18.7 Å². The van der Waals surface area contributed by atoms with E-state index in [2.05, 4.69) is 6.92 Å². The van der Waals surface area contributed by atoms with Crippen LogP contribution in [-0.4, -0.2) is 30.1 Å². The Labute approximate surface area is 159 Å². The first-order chi connectivity index (χ1) is 12.6. The van der Waals surface area contributed by atoms with Crippen molar-refractivity contribution in [3.05, 3.63) is 42.0 Å². The number of hydrogen-bond donors (Lipinski definition) is 1. The van der Waals surface area contributed by atoms with Gasteiger partial charge in [0, 0.05) is 0 Å². The summed E-state index contributed by atoms with van der Waals surface area (Å²) in [6, 6.07) is 9.78. The van der Waals surface area contributed by atoms with E-state index in [1.54, 1.807) is 19.9 Å². The highest BCUT2D eigenvalue weighted by Gasteiger charge is 2.38. The SMILES string of the molecule is CCCCCCCC(O)[C@H](/C=C/c1ccccc1)P(=O)(OCC)OCC. The lowest BCUT2D eigenvalue weighted by atomic mass is 10.1. The number of aliphatic hydroxyl groups is 1. The fourth-order valence-corrected chi connectivity index (χ4v) is 4.92. The van der Waals surface area contributed by atoms with Crippen LogP contribution in [0.15, 0.2) is 36.4 Å². The van der Waals surface area contributed by atoms with E-state index in [1.165, 1.54) is 19.3 Å². The molecule has 0 aliphatic heterocycles. The summed E-state index contributed by atoms with van der Waals surface area (Å²) < 4.78 is 24.3. The number of rotatable bonds is 14. The van der Waals surface area contributed by atoms with Crippen LogP contribution in [0.4, 0.5) is 0 Å². The van der Waals surface area contributed by atoms with E-state index in [-0.39, 0.29) is 13.2 Å². The van der Waals surface area contributed by atoms with Gasteiger partial charge in [-0.05, 0) is 25.8 Å². The molecule has 5 heteroatoms. The van der Waals surface area contributed by atoms with Gasteiger partial charge in [-0.3, -0.25) is 4.57 Å². The maximum atomic E-state index is 13.3. The van der Waals surface area contributed by atoms with Gasteiger partial charge in [-0.1, -0.05) is 81.5 Å². The van der Waals surface area contributed by atoms with E-state index in [0.29, 0.717) is 6.42 Å². The number of unbranched alkanes of at least 4 members (excludes halogenated alkanes) is 4. The lowest BCUT2D eigenvalue weighted by Crippen LogP contribution is -2.26. The van der Waals surface area contributed by atoms with Gasteiger partial charge >= 0.3 is 7.60 Å². The number of hydrogen-bond acceptors (Lipinski definition) is 4. The second kappa shape index (κ2) is 13.3. The van der Waals surface area contributed by atoms with Crippen LogP contribution in [0.1, 0.15) is 64.9 Å². The lowest BCUT2D eigenvalue weighted by molar-refractivity contribution is 0.140. The van der Waals surface area contributed by atoms with Crippen LogP contribution in [0.2, 0.25) is 0 Å². The Balaban J connectivity index is 2.89. The molecule has 0 aromatic heterocycles. The Hall–Kier alpha value is -0.930. The van der Waals surface area contributed by atoms with E-state index in [1.807, 2.05) is 36.4 Å². The van der Waals surface area contributed by atoms with Crippen molar-refractivity contribution >= 4 is 13.7 Å². The van der Waals surface area contributed by atoms with Crippen LogP contribution in [0, 0.1) is 0 Å². The molecule has 0 amide bonds. The fraction of sp³-hybridized carbons (Fsp3) is 0.619. The van der Waals surface area contributed by atoms with Gasteiger partial charge in [0.25, 0.3) is 0 Å². The quantitative estimate of drug-likeness (QED) is 0.314. The highest BCUT2D eigenvalue weighted by molar-refractivity contribution is 7.55. The Morgan fingerprint density at radius 1 is 1.00 bits per heavy atom. The van der Waals surface area contributed by atoms with Crippen LogP contribution in [0.3, 0.4) is 0 Å². The van der Waals surface area contributed by atoms with Crippen molar-refractivity contribution in [1.82, 2.24) is 0 Å². The summed E-state index contributed by atoms with van der Waals surface area (Å²) in [5.74, 6) is 0. The first-order valence-electron chi connectivity index (χ1n) is 9.87. The Morgan fingerprint density at radius 2 is 1.62 bits per heavy atom. The molecule has 148 valence electrons. The van der Waals surface area contributed by atoms with Crippen LogP contribution in [0.5, 0.6) is 0 Å². The van der Waals surface area contributed by atoms with Gasteiger partial charge in [0.1, 0.15) is 5.66 Å². The van der Waals surface area contributed by atoms with Gasteiger partial charge in [-0.25, -0.2) is 0 Å². The molecule has 0 saturated carbocycles. The average Bonchev–Trinajstić information content (AvgIpc) is 2.63. The van der Waals surface area contributed by atoms with Gasteiger partial charge in [-0.2, -0.15) is 0 Å². The van der Waals surface area contributed by atoms with Crippen molar-refractivity contribution in [1.29, 1.82) is 0 Å². The zero-order valence-electron chi connectivity index (χ0n) is 16.5. The standard InChI is InChI=1S/C21H35O4P/c1-4-7-8-9-13-16-20(22)21(26(23,24-5-2)25-6-3)18-17-19-14-11-10-12-15-19/h10-12,14-15,17-18,20-22H,4-9,13,16H2,1-3H3/b18-17+/t20?,21-/m0/s1. The molecule has 1 aromatic rings. The zero-order valence-corrected chi connectivity index (χ0v) is 17.4. The molecular weight excluding hydrogens is 347 g/mol. The van der Waals surface area contributed by atoms with Gasteiger partial charge in [0.15, 0.2) is 0 Å². The minimum Gasteiger partial charge on any atom is -0.392 e. The average molecular weight is 382 g/mol. The van der Waals surface area contributed by atoms with Crippen LogP contribution >= 0.6 is 7.60 Å². The summed E-state index contributed by atoms with van der Waals surface area (Å²) in [6.07, 6.45) is 9.08. The monoisotopic (exact) mass is 382 g/mol. The summed E-state index contributed by atoms with van der Waals surface area (Å²) >= 11 is 0. The van der Waals surface area contributed by atoms with Crippen molar-refractivity contribution in [2.75, 3.05) is 13.2 Å². The maximum Gasteiger partial charge on any atom is 0.340 e. The van der Waals surface area contributed by atoms with Gasteiger partial charge < -0.3 is 14.2 Å². The molecule has 26 heavy (non-hydrogen) atoms. The maximum absolute atomic E-state index is 13.3. The van der Waals surface area contributed by atoms with Crippen molar-refractivity contribution in [2.45, 2.75) is 71.1 Å². The molecule has 1 N–H and O–H groups in total. The van der Waals surface area contributed by atoms with E-state index >= 15 is 0 Å². The molecule has 1 unspecified atom stereocenters. The van der Waals surface area contributed by atoms with Crippen molar-refractivity contribution in [3.8, 4) is 0 Å². The zero-order chi connectivity index (χ0) is 19.3. The highest BCUT2D eigenvalue weighted by atomic mass is 31.2. The fourth-order valence-electron chi connectivity index (χ4n) is 2.92. The van der Waals surface area contributed by atoms with E-state index in [4.69, 9.17) is 9.05 Å². The Bertz CT molecular complexity index is 534. The Morgan fingerprint density at radius 3 is 2.19 bits per heavy atom. The third kappa shape index (κ3) is 8.18. The third-order valence-electron chi connectivity index (χ3n) is 4.27. The predicted molar refractivity (Wildman–Crippen MR) is 110 cm³/mol. The molecule has 0 aliphatic carbocycles. The Kier molecular flexibility index (Phi) is 11.8. The minimum atomic E-state index is -3.42. The molecule has 1 aromatic carbocycles. The smallest absolute Gasteiger partial charge is 0.340 e. The summed E-state index contributed by atoms with van der Waals surface area (Å²) in [5, 5.41) is 10.7. The molecule has 0 heterocycles. The van der Waals surface area contributed by atoms with E-state index < -0.39 is 19.4 Å². The predicted octanol–water partition coefficient (Wildman–Crippen LogP) is 6.06. The van der Waals surface area contributed by atoms with Gasteiger partial charge in [0.05, 0.1) is 19.3 Å². The normalized spacial score (nSPS) is 14.6. The molecule has 0 fully saturated rings. The summed E-state index contributed by atoms with van der Waals surface area (Å²) in [7, 11) is -3.42. The molecule has 0 spiro atoms. The molecule has 4 nitrogen and oxygen atoms in total. The third-order valence-corrected chi connectivity index (χ3v) is 6.75. The topological polar surface area (TPSA) is 55.8 Å². The molecule has 2 atom stereocenters. The van der Waals surface area contributed by atoms with Crippen LogP contribution in [-0.2, 0) is 13.6 Å². The number of benzene rings is 1. The first kappa shape index (κ1) is 23.1. The van der Waals surface area contributed by atoms with E-state index in [9.17, 15) is 9.67 Å². The second-order valence-corrected chi connectivity index (χ2v) is 8.60. The molecule has 0 saturated heterocycles. The van der Waals surface area contributed by atoms with Crippen molar-refractivity contribution in [2.24, 2.45) is 0 Å². The van der Waals surface area contributed by atoms with Gasteiger partial charge in [0.2, 0.25) is 0 Å². The lowest BCUT2D eigenvalue weighted by Gasteiger charge is -2.28. The molecule has 0 aliphatic rings. The highest BCUT2D eigenvalue weighted by Crippen LogP contribution is 2.55. The molecular formula is C21H35O4P. The molecule has 0 radical (unpaired) electrons. The van der Waals surface area contributed by atoms with Gasteiger partial charge in [-0.15, -0.1) is 0 Å². The first-order valence-corrected chi connectivity index (χ1v) is 11.5. The minimum absolute atomic E-state index is 0.288. The van der Waals surface area contributed by atoms with Crippen LogP contribution in [0.25, 0.3) is 6.08 Å². The van der Waals surface area contributed by atoms with Crippen molar-refractivity contribution in [3.63, 3.8) is 0 Å². The van der Waals surface area contributed by atoms with E-state index in [0.717, 1.165) is 18.4 Å². The number of aliphatic hydroxyl groups excluding tert-OH is 1.